The standard InChI is InChI=1S/C7H10BrN/c1-5-2-3-7(9)6(8)4-5/h2-3,5-6,9H,4H2,1H3. The van der Waals surface area contributed by atoms with E-state index >= 15 is 0 Å². The summed E-state index contributed by atoms with van der Waals surface area (Å²) in [7, 11) is 0. The molecule has 1 N–H and O–H groups in total. The lowest BCUT2D eigenvalue weighted by atomic mass is 9.97. The van der Waals surface area contributed by atoms with E-state index in [2.05, 4.69) is 28.9 Å². The van der Waals surface area contributed by atoms with Gasteiger partial charge in [0.05, 0.1) is 4.83 Å². The van der Waals surface area contributed by atoms with Crippen LogP contribution in [0, 0.1) is 11.3 Å². The predicted molar refractivity (Wildman–Crippen MR) is 43.4 cm³/mol. The van der Waals surface area contributed by atoms with E-state index in [1.807, 2.05) is 6.08 Å². The van der Waals surface area contributed by atoms with E-state index in [0.717, 1.165) is 6.42 Å². The molecule has 0 spiro atoms. The molecule has 0 saturated heterocycles. The van der Waals surface area contributed by atoms with Crippen molar-refractivity contribution in [3.63, 3.8) is 0 Å². The highest BCUT2D eigenvalue weighted by molar-refractivity contribution is 9.10. The SMILES string of the molecule is CC1C=CC(=N)C(Br)C1. The Morgan fingerprint density at radius 3 is 2.89 bits per heavy atom. The van der Waals surface area contributed by atoms with Crippen molar-refractivity contribution in [2.45, 2.75) is 18.2 Å². The van der Waals surface area contributed by atoms with Gasteiger partial charge in [-0.3, -0.25) is 0 Å². The van der Waals surface area contributed by atoms with Crippen LogP contribution in [0.3, 0.4) is 0 Å². The van der Waals surface area contributed by atoms with Crippen molar-refractivity contribution in [1.29, 1.82) is 5.41 Å². The molecule has 0 fully saturated rings. The smallest absolute Gasteiger partial charge is 0.0566 e. The van der Waals surface area contributed by atoms with E-state index in [4.69, 9.17) is 5.41 Å². The number of hydrogen-bond acceptors (Lipinski definition) is 1. The van der Waals surface area contributed by atoms with Crippen LogP contribution in [0.15, 0.2) is 12.2 Å². The molecule has 0 radical (unpaired) electrons. The summed E-state index contributed by atoms with van der Waals surface area (Å²) >= 11 is 3.42. The molecule has 0 aromatic heterocycles. The van der Waals surface area contributed by atoms with Crippen LogP contribution in [-0.2, 0) is 0 Å². The fraction of sp³-hybridized carbons (Fsp3) is 0.571. The molecule has 0 aliphatic heterocycles. The maximum Gasteiger partial charge on any atom is 0.0566 e. The predicted octanol–water partition coefficient (Wildman–Crippen LogP) is 2.37. The van der Waals surface area contributed by atoms with Crippen LogP contribution >= 0.6 is 15.9 Å². The van der Waals surface area contributed by atoms with Crippen LogP contribution < -0.4 is 0 Å². The zero-order chi connectivity index (χ0) is 6.85. The number of rotatable bonds is 0. The molecular weight excluding hydrogens is 178 g/mol. The highest BCUT2D eigenvalue weighted by Crippen LogP contribution is 2.20. The average molecular weight is 188 g/mol. The number of halogens is 1. The Bertz CT molecular complexity index is 151. The Kier molecular flexibility index (Phi) is 2.06. The number of hydrogen-bond donors (Lipinski definition) is 1. The third-order valence-corrected chi connectivity index (χ3v) is 2.39. The van der Waals surface area contributed by atoms with Crippen molar-refractivity contribution in [3.05, 3.63) is 12.2 Å². The Morgan fingerprint density at radius 1 is 1.78 bits per heavy atom. The van der Waals surface area contributed by atoms with Crippen LogP contribution in [-0.4, -0.2) is 10.5 Å². The summed E-state index contributed by atoms with van der Waals surface area (Å²) in [5.41, 5.74) is 0.702. The van der Waals surface area contributed by atoms with Crippen LogP contribution in [0.25, 0.3) is 0 Å². The van der Waals surface area contributed by atoms with Crippen LogP contribution in [0.2, 0.25) is 0 Å². The van der Waals surface area contributed by atoms with Gasteiger partial charge in [-0.1, -0.05) is 28.9 Å². The van der Waals surface area contributed by atoms with E-state index in [1.54, 1.807) is 0 Å². The summed E-state index contributed by atoms with van der Waals surface area (Å²) < 4.78 is 0. The summed E-state index contributed by atoms with van der Waals surface area (Å²) in [4.78, 5) is 0.289. The number of alkyl halides is 1. The van der Waals surface area contributed by atoms with Crippen molar-refractivity contribution in [1.82, 2.24) is 0 Å². The van der Waals surface area contributed by atoms with Gasteiger partial charge in [-0.25, -0.2) is 0 Å². The normalized spacial score (nSPS) is 35.1. The minimum Gasteiger partial charge on any atom is -0.304 e. The fourth-order valence-corrected chi connectivity index (χ4v) is 1.65. The van der Waals surface area contributed by atoms with Crippen LogP contribution in [0.4, 0.5) is 0 Å². The Hall–Kier alpha value is -0.110. The van der Waals surface area contributed by atoms with Gasteiger partial charge in [-0.15, -0.1) is 0 Å². The minimum atomic E-state index is 0.289. The molecule has 1 aliphatic carbocycles. The Morgan fingerprint density at radius 2 is 2.44 bits per heavy atom. The van der Waals surface area contributed by atoms with Gasteiger partial charge in [0, 0.05) is 5.71 Å². The van der Waals surface area contributed by atoms with Crippen molar-refractivity contribution < 1.29 is 0 Å². The fourth-order valence-electron chi connectivity index (χ4n) is 0.904. The number of nitrogens with one attached hydrogen (secondary N) is 1. The first-order valence-corrected chi connectivity index (χ1v) is 4.02. The van der Waals surface area contributed by atoms with Gasteiger partial charge >= 0.3 is 0 Å². The first-order chi connectivity index (χ1) is 4.20. The lowest BCUT2D eigenvalue weighted by Crippen LogP contribution is -2.17. The second-order valence-corrected chi connectivity index (χ2v) is 3.60. The quantitative estimate of drug-likeness (QED) is 0.564. The Balaban J connectivity index is 2.65. The molecule has 1 nitrogen and oxygen atoms in total. The molecule has 0 aromatic rings. The molecule has 1 aliphatic rings. The van der Waals surface area contributed by atoms with Gasteiger partial charge in [-0.2, -0.15) is 0 Å². The Labute approximate surface area is 63.8 Å². The molecule has 2 heteroatoms. The largest absolute Gasteiger partial charge is 0.304 e. The molecule has 2 atom stereocenters. The van der Waals surface area contributed by atoms with Gasteiger partial charge in [0.25, 0.3) is 0 Å². The van der Waals surface area contributed by atoms with Gasteiger partial charge in [0.1, 0.15) is 0 Å². The summed E-state index contributed by atoms with van der Waals surface area (Å²) in [6.45, 7) is 2.16. The topological polar surface area (TPSA) is 23.9 Å². The first-order valence-electron chi connectivity index (χ1n) is 3.11. The highest BCUT2D eigenvalue weighted by atomic mass is 79.9. The summed E-state index contributed by atoms with van der Waals surface area (Å²) in [5.74, 6) is 0.628. The van der Waals surface area contributed by atoms with E-state index in [1.165, 1.54) is 0 Å². The molecule has 50 valence electrons. The van der Waals surface area contributed by atoms with E-state index < -0.39 is 0 Å². The second kappa shape index (κ2) is 2.65. The van der Waals surface area contributed by atoms with Crippen molar-refractivity contribution >= 4 is 21.6 Å². The zero-order valence-electron chi connectivity index (χ0n) is 5.39. The maximum atomic E-state index is 7.35. The van der Waals surface area contributed by atoms with Gasteiger partial charge < -0.3 is 5.41 Å². The van der Waals surface area contributed by atoms with Crippen molar-refractivity contribution in [3.8, 4) is 0 Å². The van der Waals surface area contributed by atoms with Crippen LogP contribution in [0.5, 0.6) is 0 Å². The van der Waals surface area contributed by atoms with Gasteiger partial charge in [-0.05, 0) is 18.4 Å². The van der Waals surface area contributed by atoms with E-state index in [-0.39, 0.29) is 4.83 Å². The molecule has 0 saturated carbocycles. The molecule has 1 rings (SSSR count). The third-order valence-electron chi connectivity index (χ3n) is 1.52. The van der Waals surface area contributed by atoms with Crippen LogP contribution in [0.1, 0.15) is 13.3 Å². The van der Waals surface area contributed by atoms with Gasteiger partial charge in [0.15, 0.2) is 0 Å². The first kappa shape index (κ1) is 7.00. The van der Waals surface area contributed by atoms with E-state index in [9.17, 15) is 0 Å². The summed E-state index contributed by atoms with van der Waals surface area (Å²) in [5, 5.41) is 7.35. The van der Waals surface area contributed by atoms with Gasteiger partial charge in [0.2, 0.25) is 0 Å². The number of allylic oxidation sites excluding steroid dienone is 2. The molecule has 0 aromatic carbocycles. The minimum absolute atomic E-state index is 0.289. The van der Waals surface area contributed by atoms with Crippen molar-refractivity contribution in [2.75, 3.05) is 0 Å². The third kappa shape index (κ3) is 1.65. The summed E-state index contributed by atoms with van der Waals surface area (Å²) in [6, 6.07) is 0. The molecule has 9 heavy (non-hydrogen) atoms. The zero-order valence-corrected chi connectivity index (χ0v) is 6.98. The second-order valence-electron chi connectivity index (χ2n) is 2.49. The highest BCUT2D eigenvalue weighted by Gasteiger charge is 2.15. The summed E-state index contributed by atoms with van der Waals surface area (Å²) in [6.07, 6.45) is 5.03. The van der Waals surface area contributed by atoms with Crippen molar-refractivity contribution in [2.24, 2.45) is 5.92 Å². The molecule has 0 heterocycles. The lowest BCUT2D eigenvalue weighted by molar-refractivity contribution is 0.671. The van der Waals surface area contributed by atoms with E-state index in [0.29, 0.717) is 11.6 Å². The maximum absolute atomic E-state index is 7.35. The molecular formula is C7H10BrN. The molecule has 0 bridgehead atoms. The average Bonchev–Trinajstić information content (AvgIpc) is 1.80. The monoisotopic (exact) mass is 187 g/mol. The molecule has 2 unspecified atom stereocenters. The molecule has 0 amide bonds. The lowest BCUT2D eigenvalue weighted by Gasteiger charge is -2.16.